The molecule has 0 saturated carbocycles. The molecule has 3 heteroatoms. The van der Waals surface area contributed by atoms with E-state index in [-0.39, 0.29) is 11.0 Å². The fraction of sp³-hybridized carbons (Fsp3) is 0.800. The fourth-order valence-corrected chi connectivity index (χ4v) is 0.617. The van der Waals surface area contributed by atoms with Crippen LogP contribution in [0.4, 0.5) is 0 Å². The molecule has 48 valence electrons. The standard InChI is InChI=1S/C5H9ClOS/c1-4(8)5(7)2-3-6/h4,8H,2-3H2,1H3. The van der Waals surface area contributed by atoms with Gasteiger partial charge in [0.05, 0.1) is 5.25 Å². The van der Waals surface area contributed by atoms with E-state index in [0.717, 1.165) is 0 Å². The molecule has 0 aromatic heterocycles. The highest BCUT2D eigenvalue weighted by molar-refractivity contribution is 7.81. The molecule has 8 heavy (non-hydrogen) atoms. The van der Waals surface area contributed by atoms with Gasteiger partial charge in [-0.3, -0.25) is 4.79 Å². The van der Waals surface area contributed by atoms with Crippen molar-refractivity contribution < 1.29 is 4.79 Å². The monoisotopic (exact) mass is 152 g/mol. The molecule has 1 atom stereocenters. The fourth-order valence-electron chi connectivity index (χ4n) is 0.302. The Hall–Kier alpha value is 0.310. The van der Waals surface area contributed by atoms with Crippen LogP contribution in [0.2, 0.25) is 0 Å². The van der Waals surface area contributed by atoms with Gasteiger partial charge in [-0.15, -0.1) is 11.6 Å². The Bertz CT molecular complexity index is 82.5. The topological polar surface area (TPSA) is 17.1 Å². The number of carbonyl (C=O) groups is 1. The zero-order valence-electron chi connectivity index (χ0n) is 4.72. The number of thiol groups is 1. The van der Waals surface area contributed by atoms with Crippen LogP contribution in [0, 0.1) is 0 Å². The van der Waals surface area contributed by atoms with Crippen LogP contribution in [0.5, 0.6) is 0 Å². The van der Waals surface area contributed by atoms with E-state index < -0.39 is 0 Å². The van der Waals surface area contributed by atoms with Gasteiger partial charge in [-0.1, -0.05) is 0 Å². The van der Waals surface area contributed by atoms with Crippen molar-refractivity contribution in [3.05, 3.63) is 0 Å². The minimum Gasteiger partial charge on any atom is -0.298 e. The number of carbonyl (C=O) groups excluding carboxylic acids is 1. The van der Waals surface area contributed by atoms with E-state index in [0.29, 0.717) is 12.3 Å². The first-order valence-electron chi connectivity index (χ1n) is 2.45. The molecule has 0 heterocycles. The SMILES string of the molecule is CC(S)C(=O)CCCl. The van der Waals surface area contributed by atoms with Gasteiger partial charge in [0.1, 0.15) is 5.78 Å². The summed E-state index contributed by atoms with van der Waals surface area (Å²) in [6.45, 7) is 1.75. The Morgan fingerprint density at radius 1 is 1.88 bits per heavy atom. The van der Waals surface area contributed by atoms with E-state index in [9.17, 15) is 4.79 Å². The van der Waals surface area contributed by atoms with Crippen LogP contribution in [0.3, 0.4) is 0 Å². The van der Waals surface area contributed by atoms with Crippen molar-refractivity contribution in [3.8, 4) is 0 Å². The lowest BCUT2D eigenvalue weighted by atomic mass is 10.2. The predicted molar refractivity (Wildman–Crippen MR) is 38.8 cm³/mol. The van der Waals surface area contributed by atoms with E-state index in [2.05, 4.69) is 12.6 Å². The van der Waals surface area contributed by atoms with E-state index in [1.54, 1.807) is 6.92 Å². The molecule has 0 aliphatic carbocycles. The lowest BCUT2D eigenvalue weighted by molar-refractivity contribution is -0.117. The van der Waals surface area contributed by atoms with Crippen molar-refractivity contribution in [2.45, 2.75) is 18.6 Å². The maximum Gasteiger partial charge on any atom is 0.146 e. The van der Waals surface area contributed by atoms with Gasteiger partial charge >= 0.3 is 0 Å². The molecule has 1 unspecified atom stereocenters. The molecule has 0 N–H and O–H groups in total. The van der Waals surface area contributed by atoms with Crippen molar-refractivity contribution in [1.29, 1.82) is 0 Å². The average Bonchev–Trinajstić information content (AvgIpc) is 1.67. The second-order valence-corrected chi connectivity index (χ2v) is 2.73. The summed E-state index contributed by atoms with van der Waals surface area (Å²) in [5, 5.41) is -0.159. The highest BCUT2D eigenvalue weighted by Gasteiger charge is 2.04. The largest absolute Gasteiger partial charge is 0.298 e. The summed E-state index contributed by atoms with van der Waals surface area (Å²) in [5.41, 5.74) is 0. The number of halogens is 1. The minimum atomic E-state index is -0.159. The Morgan fingerprint density at radius 3 is 2.50 bits per heavy atom. The third kappa shape index (κ3) is 3.33. The van der Waals surface area contributed by atoms with Crippen molar-refractivity contribution >= 4 is 30.0 Å². The van der Waals surface area contributed by atoms with Crippen molar-refractivity contribution in [2.75, 3.05) is 5.88 Å². The molecule has 0 aromatic rings. The van der Waals surface area contributed by atoms with Crippen LogP contribution in [0.15, 0.2) is 0 Å². The Labute approximate surface area is 59.8 Å². The summed E-state index contributed by atoms with van der Waals surface area (Å²) in [4.78, 5) is 10.6. The average molecular weight is 153 g/mol. The Morgan fingerprint density at radius 2 is 2.38 bits per heavy atom. The van der Waals surface area contributed by atoms with Gasteiger partial charge in [-0.25, -0.2) is 0 Å². The third-order valence-corrected chi connectivity index (χ3v) is 1.28. The molecule has 0 spiro atoms. The van der Waals surface area contributed by atoms with E-state index in [1.165, 1.54) is 0 Å². The highest BCUT2D eigenvalue weighted by Crippen LogP contribution is 1.98. The summed E-state index contributed by atoms with van der Waals surface area (Å²) >= 11 is 9.20. The molecule has 0 amide bonds. The van der Waals surface area contributed by atoms with Crippen LogP contribution in [-0.4, -0.2) is 16.9 Å². The quantitative estimate of drug-likeness (QED) is 0.479. The summed E-state index contributed by atoms with van der Waals surface area (Å²) in [6, 6.07) is 0. The smallest absolute Gasteiger partial charge is 0.146 e. The molecular weight excluding hydrogens is 144 g/mol. The lowest BCUT2D eigenvalue weighted by Crippen LogP contribution is -2.09. The molecule has 0 rings (SSSR count). The molecule has 0 saturated heterocycles. The number of hydrogen-bond donors (Lipinski definition) is 1. The first-order valence-corrected chi connectivity index (χ1v) is 3.50. The van der Waals surface area contributed by atoms with Gasteiger partial charge in [-0.05, 0) is 6.92 Å². The van der Waals surface area contributed by atoms with Crippen molar-refractivity contribution in [1.82, 2.24) is 0 Å². The molecule has 0 fully saturated rings. The maximum absolute atomic E-state index is 10.6. The second-order valence-electron chi connectivity index (χ2n) is 1.58. The van der Waals surface area contributed by atoms with Crippen LogP contribution in [0.1, 0.15) is 13.3 Å². The highest BCUT2D eigenvalue weighted by atomic mass is 35.5. The molecule has 0 aromatic carbocycles. The first-order chi connectivity index (χ1) is 3.68. The summed E-state index contributed by atoms with van der Waals surface area (Å²) in [5.74, 6) is 0.521. The number of hydrogen-bond acceptors (Lipinski definition) is 2. The minimum absolute atomic E-state index is 0.114. The van der Waals surface area contributed by atoms with E-state index in [4.69, 9.17) is 11.6 Å². The summed E-state index contributed by atoms with van der Waals surface area (Å²) < 4.78 is 0. The molecule has 1 nitrogen and oxygen atoms in total. The van der Waals surface area contributed by atoms with E-state index in [1.807, 2.05) is 0 Å². The molecule has 0 aliphatic rings. The summed E-state index contributed by atoms with van der Waals surface area (Å²) in [6.07, 6.45) is 0.437. The second kappa shape index (κ2) is 4.21. The number of ketones is 1. The van der Waals surface area contributed by atoms with Gasteiger partial charge in [0.15, 0.2) is 0 Å². The van der Waals surface area contributed by atoms with Crippen molar-refractivity contribution in [3.63, 3.8) is 0 Å². The lowest BCUT2D eigenvalue weighted by Gasteiger charge is -1.97. The van der Waals surface area contributed by atoms with Crippen molar-refractivity contribution in [2.24, 2.45) is 0 Å². The zero-order chi connectivity index (χ0) is 6.57. The first kappa shape index (κ1) is 8.31. The predicted octanol–water partition coefficient (Wildman–Crippen LogP) is 1.50. The Kier molecular flexibility index (Phi) is 4.38. The van der Waals surface area contributed by atoms with Crippen LogP contribution in [0.25, 0.3) is 0 Å². The van der Waals surface area contributed by atoms with Gasteiger partial charge < -0.3 is 0 Å². The number of Topliss-reactive ketones (excluding diaryl/α,β-unsaturated/α-hetero) is 1. The Balaban J connectivity index is 3.33. The van der Waals surface area contributed by atoms with Gasteiger partial charge in [0, 0.05) is 12.3 Å². The summed E-state index contributed by atoms with van der Waals surface area (Å²) in [7, 11) is 0. The van der Waals surface area contributed by atoms with E-state index >= 15 is 0 Å². The van der Waals surface area contributed by atoms with Gasteiger partial charge in [-0.2, -0.15) is 12.6 Å². The van der Waals surface area contributed by atoms with Crippen LogP contribution < -0.4 is 0 Å². The number of rotatable bonds is 3. The molecule has 0 aliphatic heterocycles. The maximum atomic E-state index is 10.6. The van der Waals surface area contributed by atoms with Crippen LogP contribution >= 0.6 is 24.2 Å². The third-order valence-electron chi connectivity index (χ3n) is 0.807. The molecule has 0 radical (unpaired) electrons. The molecule has 0 bridgehead atoms. The van der Waals surface area contributed by atoms with Crippen LogP contribution in [-0.2, 0) is 4.79 Å². The molecular formula is C5H9ClOS. The number of alkyl halides is 1. The normalized spacial score (nSPS) is 13.4. The van der Waals surface area contributed by atoms with Gasteiger partial charge in [0.25, 0.3) is 0 Å². The zero-order valence-corrected chi connectivity index (χ0v) is 6.38. The van der Waals surface area contributed by atoms with Gasteiger partial charge in [0.2, 0.25) is 0 Å².